The van der Waals surface area contributed by atoms with Crippen LogP contribution in [0.3, 0.4) is 0 Å². The standard InChI is InChI=1S/C19H17N3O2S/c23-18-20-19(10-11-25-18)22-16(14-8-4-5-9-17(14)24-19)12-15(21-22)13-6-2-1-3-7-13/h1-9,16H,10-12H2,(H,20,23)/t16-,19+/m0/s1. The molecule has 0 aromatic heterocycles. The molecule has 2 aromatic rings. The molecule has 2 aromatic carbocycles. The molecule has 1 fully saturated rings. The van der Waals surface area contributed by atoms with Crippen LogP contribution in [0.5, 0.6) is 5.75 Å². The molecule has 1 saturated heterocycles. The Kier molecular flexibility index (Phi) is 3.28. The van der Waals surface area contributed by atoms with Gasteiger partial charge in [0.15, 0.2) is 0 Å². The second-order valence-electron chi connectivity index (χ2n) is 6.41. The van der Waals surface area contributed by atoms with E-state index in [1.165, 1.54) is 11.8 Å². The highest BCUT2D eigenvalue weighted by molar-refractivity contribution is 8.13. The van der Waals surface area contributed by atoms with Gasteiger partial charge in [0.2, 0.25) is 0 Å². The number of fused-ring (bicyclic) bond motifs is 4. The molecule has 0 bridgehead atoms. The van der Waals surface area contributed by atoms with Crippen molar-refractivity contribution in [1.82, 2.24) is 10.3 Å². The summed E-state index contributed by atoms with van der Waals surface area (Å²) in [5, 5.41) is 9.83. The zero-order valence-corrected chi connectivity index (χ0v) is 14.3. The van der Waals surface area contributed by atoms with Crippen molar-refractivity contribution < 1.29 is 9.53 Å². The molecule has 3 aliphatic heterocycles. The summed E-state index contributed by atoms with van der Waals surface area (Å²) in [6.45, 7) is 0. The summed E-state index contributed by atoms with van der Waals surface area (Å²) in [5.41, 5.74) is 3.26. The average Bonchev–Trinajstić information content (AvgIpc) is 3.09. The van der Waals surface area contributed by atoms with Crippen LogP contribution in [0.2, 0.25) is 0 Å². The zero-order chi connectivity index (χ0) is 16.9. The molecule has 1 N–H and O–H groups in total. The molecule has 3 heterocycles. The highest BCUT2D eigenvalue weighted by Crippen LogP contribution is 2.48. The minimum atomic E-state index is -0.891. The molecule has 5 rings (SSSR count). The number of carbonyl (C=O) groups is 1. The zero-order valence-electron chi connectivity index (χ0n) is 13.5. The molecule has 25 heavy (non-hydrogen) atoms. The summed E-state index contributed by atoms with van der Waals surface area (Å²) in [7, 11) is 0. The second kappa shape index (κ2) is 5.52. The van der Waals surface area contributed by atoms with Crippen LogP contribution in [0.25, 0.3) is 0 Å². The summed E-state index contributed by atoms with van der Waals surface area (Å²) in [5.74, 6) is 0.658. The van der Waals surface area contributed by atoms with Crippen LogP contribution in [-0.2, 0) is 0 Å². The maximum absolute atomic E-state index is 12.1. The van der Waals surface area contributed by atoms with E-state index in [1.807, 2.05) is 41.4 Å². The van der Waals surface area contributed by atoms with Crippen LogP contribution >= 0.6 is 11.8 Å². The smallest absolute Gasteiger partial charge is 0.283 e. The van der Waals surface area contributed by atoms with Gasteiger partial charge in [-0.3, -0.25) is 10.1 Å². The van der Waals surface area contributed by atoms with Crippen LogP contribution < -0.4 is 10.1 Å². The second-order valence-corrected chi connectivity index (χ2v) is 7.48. The first-order valence-electron chi connectivity index (χ1n) is 8.40. The number of carbonyl (C=O) groups excluding carboxylic acids is 1. The Morgan fingerprint density at radius 3 is 2.80 bits per heavy atom. The fourth-order valence-corrected chi connectivity index (χ4v) is 4.55. The molecule has 0 radical (unpaired) electrons. The summed E-state index contributed by atoms with van der Waals surface area (Å²) >= 11 is 1.29. The predicted octanol–water partition coefficient (Wildman–Crippen LogP) is 3.73. The maximum atomic E-state index is 12.1. The summed E-state index contributed by atoms with van der Waals surface area (Å²) in [4.78, 5) is 12.1. The molecular formula is C19H17N3O2S. The lowest BCUT2D eigenvalue weighted by atomic mass is 9.95. The molecule has 5 nitrogen and oxygen atoms in total. The Morgan fingerprint density at radius 2 is 1.96 bits per heavy atom. The van der Waals surface area contributed by atoms with Gasteiger partial charge < -0.3 is 4.74 Å². The summed E-state index contributed by atoms with van der Waals surface area (Å²) < 4.78 is 6.30. The van der Waals surface area contributed by atoms with Gasteiger partial charge in [-0.2, -0.15) is 5.10 Å². The lowest BCUT2D eigenvalue weighted by Crippen LogP contribution is -2.65. The van der Waals surface area contributed by atoms with Gasteiger partial charge in [0.05, 0.1) is 11.8 Å². The fraction of sp³-hybridized carbons (Fsp3) is 0.263. The highest BCUT2D eigenvalue weighted by atomic mass is 32.2. The molecule has 0 aliphatic carbocycles. The number of thioether (sulfide) groups is 1. The van der Waals surface area contributed by atoms with Gasteiger partial charge in [0, 0.05) is 24.2 Å². The minimum Gasteiger partial charge on any atom is -0.448 e. The van der Waals surface area contributed by atoms with E-state index < -0.39 is 5.85 Å². The number of hydrogen-bond donors (Lipinski definition) is 1. The van der Waals surface area contributed by atoms with E-state index in [0.717, 1.165) is 29.0 Å². The first kappa shape index (κ1) is 14.8. The van der Waals surface area contributed by atoms with Gasteiger partial charge in [-0.25, -0.2) is 5.01 Å². The van der Waals surface area contributed by atoms with E-state index in [2.05, 4.69) is 23.5 Å². The van der Waals surface area contributed by atoms with E-state index in [9.17, 15) is 4.79 Å². The minimum absolute atomic E-state index is 0.0623. The van der Waals surface area contributed by atoms with Crippen molar-refractivity contribution in [3.63, 3.8) is 0 Å². The predicted molar refractivity (Wildman–Crippen MR) is 97.6 cm³/mol. The number of benzene rings is 2. The van der Waals surface area contributed by atoms with Gasteiger partial charge in [0.25, 0.3) is 11.1 Å². The Balaban J connectivity index is 1.62. The van der Waals surface area contributed by atoms with E-state index in [0.29, 0.717) is 12.2 Å². The lowest BCUT2D eigenvalue weighted by molar-refractivity contribution is -0.135. The monoisotopic (exact) mass is 351 g/mol. The number of hydrazone groups is 1. The van der Waals surface area contributed by atoms with Gasteiger partial charge >= 0.3 is 0 Å². The van der Waals surface area contributed by atoms with Crippen molar-refractivity contribution in [1.29, 1.82) is 0 Å². The normalized spacial score (nSPS) is 27.2. The lowest BCUT2D eigenvalue weighted by Gasteiger charge is -2.48. The number of hydrogen-bond acceptors (Lipinski definition) is 5. The van der Waals surface area contributed by atoms with E-state index >= 15 is 0 Å². The quantitative estimate of drug-likeness (QED) is 0.851. The first-order valence-corrected chi connectivity index (χ1v) is 9.39. The molecule has 0 unspecified atom stereocenters. The molecule has 1 spiro atoms. The SMILES string of the molecule is O=C1N[C@@]2(CCS1)Oc1ccccc1[C@@H]1CC(c3ccccc3)=NN12. The van der Waals surface area contributed by atoms with Gasteiger partial charge in [0.1, 0.15) is 5.75 Å². The van der Waals surface area contributed by atoms with Crippen molar-refractivity contribution in [3.8, 4) is 5.75 Å². The van der Waals surface area contributed by atoms with Gasteiger partial charge in [-0.15, -0.1) is 0 Å². The summed E-state index contributed by atoms with van der Waals surface area (Å²) in [6, 6.07) is 18.3. The maximum Gasteiger partial charge on any atom is 0.283 e. The molecular weight excluding hydrogens is 334 g/mol. The largest absolute Gasteiger partial charge is 0.448 e. The highest BCUT2D eigenvalue weighted by Gasteiger charge is 2.52. The first-order chi connectivity index (χ1) is 12.3. The van der Waals surface area contributed by atoms with Crippen molar-refractivity contribution in [2.75, 3.05) is 5.75 Å². The van der Waals surface area contributed by atoms with Crippen LogP contribution in [0.4, 0.5) is 4.79 Å². The molecule has 0 saturated carbocycles. The van der Waals surface area contributed by atoms with Gasteiger partial charge in [-0.05, 0) is 11.6 Å². The number of nitrogens with one attached hydrogen (secondary N) is 1. The average molecular weight is 351 g/mol. The van der Waals surface area contributed by atoms with Crippen molar-refractivity contribution >= 4 is 22.7 Å². The Labute approximate surface area is 150 Å². The van der Waals surface area contributed by atoms with E-state index in [4.69, 9.17) is 9.84 Å². The van der Waals surface area contributed by atoms with Crippen LogP contribution in [0, 0.1) is 0 Å². The Bertz CT molecular complexity index is 870. The summed E-state index contributed by atoms with van der Waals surface area (Å²) in [6.07, 6.45) is 1.50. The fourth-order valence-electron chi connectivity index (χ4n) is 3.76. The van der Waals surface area contributed by atoms with Crippen molar-refractivity contribution in [2.24, 2.45) is 5.10 Å². The number of amides is 1. The molecule has 6 heteroatoms. The number of rotatable bonds is 1. The Morgan fingerprint density at radius 1 is 1.16 bits per heavy atom. The van der Waals surface area contributed by atoms with Crippen molar-refractivity contribution in [2.45, 2.75) is 24.7 Å². The third-order valence-corrected chi connectivity index (χ3v) is 5.69. The number of nitrogens with zero attached hydrogens (tertiary/aromatic N) is 2. The van der Waals surface area contributed by atoms with Crippen LogP contribution in [0.15, 0.2) is 59.7 Å². The number of ether oxygens (including phenoxy) is 1. The van der Waals surface area contributed by atoms with E-state index in [-0.39, 0.29) is 11.3 Å². The molecule has 1 amide bonds. The molecule has 2 atom stereocenters. The van der Waals surface area contributed by atoms with Crippen molar-refractivity contribution in [3.05, 3.63) is 65.7 Å². The van der Waals surface area contributed by atoms with Crippen LogP contribution in [0.1, 0.15) is 30.0 Å². The van der Waals surface area contributed by atoms with Crippen LogP contribution in [-0.4, -0.2) is 27.6 Å². The Hall–Kier alpha value is -2.47. The third-order valence-electron chi connectivity index (χ3n) is 4.92. The molecule has 3 aliphatic rings. The molecule has 126 valence electrons. The number of para-hydroxylation sites is 1. The van der Waals surface area contributed by atoms with Gasteiger partial charge in [-0.1, -0.05) is 60.3 Å². The topological polar surface area (TPSA) is 53.9 Å². The third kappa shape index (κ3) is 2.32. The van der Waals surface area contributed by atoms with E-state index in [1.54, 1.807) is 0 Å².